The monoisotopic (exact) mass is 459 g/mol. The minimum atomic E-state index is -3.57. The fraction of sp³-hybridized carbons (Fsp3) is 0.435. The molecule has 0 aromatic heterocycles. The fourth-order valence-corrected chi connectivity index (χ4v) is 5.66. The van der Waals surface area contributed by atoms with Crippen molar-refractivity contribution in [3.05, 3.63) is 53.1 Å². The first-order valence-corrected chi connectivity index (χ1v) is 12.3. The minimum Gasteiger partial charge on any atom is -0.486 e. The number of ether oxygens (including phenoxy) is 2. The van der Waals surface area contributed by atoms with Crippen LogP contribution in [0, 0.1) is 13.8 Å². The molecule has 1 fully saturated rings. The summed E-state index contributed by atoms with van der Waals surface area (Å²) in [6.07, 6.45) is 0.670. The molecule has 2 heterocycles. The van der Waals surface area contributed by atoms with Gasteiger partial charge in [-0.05, 0) is 55.2 Å². The van der Waals surface area contributed by atoms with Crippen LogP contribution in [0.15, 0.2) is 41.3 Å². The summed E-state index contributed by atoms with van der Waals surface area (Å²) in [6.45, 7) is 6.55. The molecule has 0 saturated carbocycles. The van der Waals surface area contributed by atoms with Crippen LogP contribution < -0.4 is 14.8 Å². The summed E-state index contributed by atoms with van der Waals surface area (Å²) in [4.78, 5) is 14.6. The average Bonchev–Trinajstić information content (AvgIpc) is 2.80. The molecule has 2 aliphatic rings. The SMILES string of the molecule is Cc1ccc(C)c(S(=O)(=O)N2CCN(C(=O)NCCc3ccc4c(c3)OCCO4)CC2)c1. The third-order valence-electron chi connectivity index (χ3n) is 5.78. The van der Waals surface area contributed by atoms with E-state index in [1.807, 2.05) is 37.3 Å². The predicted octanol–water partition coefficient (Wildman–Crippen LogP) is 2.33. The van der Waals surface area contributed by atoms with Crippen LogP contribution in [-0.2, 0) is 16.4 Å². The van der Waals surface area contributed by atoms with Gasteiger partial charge in [-0.2, -0.15) is 4.31 Å². The second-order valence-electron chi connectivity index (χ2n) is 8.12. The number of nitrogens with zero attached hydrogens (tertiary/aromatic N) is 2. The van der Waals surface area contributed by atoms with Crippen LogP contribution >= 0.6 is 0 Å². The van der Waals surface area contributed by atoms with Crippen molar-refractivity contribution >= 4 is 16.1 Å². The summed E-state index contributed by atoms with van der Waals surface area (Å²) in [6, 6.07) is 11.1. The van der Waals surface area contributed by atoms with Crippen molar-refractivity contribution in [2.24, 2.45) is 0 Å². The smallest absolute Gasteiger partial charge is 0.317 e. The summed E-state index contributed by atoms with van der Waals surface area (Å²) >= 11 is 0. The topological polar surface area (TPSA) is 88.2 Å². The average molecular weight is 460 g/mol. The second kappa shape index (κ2) is 9.38. The van der Waals surface area contributed by atoms with Gasteiger partial charge < -0.3 is 19.7 Å². The molecule has 0 radical (unpaired) electrons. The molecular weight excluding hydrogens is 430 g/mol. The van der Waals surface area contributed by atoms with Gasteiger partial charge in [0, 0.05) is 32.7 Å². The predicted molar refractivity (Wildman–Crippen MR) is 121 cm³/mol. The second-order valence-corrected chi connectivity index (χ2v) is 10.0. The molecule has 1 N–H and O–H groups in total. The first-order valence-electron chi connectivity index (χ1n) is 10.8. The van der Waals surface area contributed by atoms with E-state index in [1.165, 1.54) is 4.31 Å². The van der Waals surface area contributed by atoms with Gasteiger partial charge in [0.15, 0.2) is 11.5 Å². The van der Waals surface area contributed by atoms with Crippen LogP contribution in [0.25, 0.3) is 0 Å². The fourth-order valence-electron chi connectivity index (χ4n) is 3.92. The van der Waals surface area contributed by atoms with Crippen LogP contribution in [0.2, 0.25) is 0 Å². The Labute approximate surface area is 189 Å². The van der Waals surface area contributed by atoms with Crippen molar-refractivity contribution in [3.8, 4) is 11.5 Å². The van der Waals surface area contributed by atoms with Gasteiger partial charge in [0.1, 0.15) is 13.2 Å². The Hall–Kier alpha value is -2.78. The lowest BCUT2D eigenvalue weighted by Gasteiger charge is -2.34. The van der Waals surface area contributed by atoms with Gasteiger partial charge in [0.05, 0.1) is 4.90 Å². The van der Waals surface area contributed by atoms with Gasteiger partial charge in [0.25, 0.3) is 0 Å². The van der Waals surface area contributed by atoms with E-state index in [4.69, 9.17) is 9.47 Å². The standard InChI is InChI=1S/C23H29N3O5S/c1-17-3-4-18(2)22(15-17)32(28,29)26-11-9-25(10-12-26)23(27)24-8-7-19-5-6-20-21(16-19)31-14-13-30-20/h3-6,15-16H,7-14H2,1-2H3,(H,24,27). The Bertz CT molecular complexity index is 1090. The van der Waals surface area contributed by atoms with Crippen LogP contribution in [0.4, 0.5) is 4.79 Å². The number of carbonyl (C=O) groups is 1. The molecule has 0 spiro atoms. The van der Waals surface area contributed by atoms with E-state index in [-0.39, 0.29) is 19.1 Å². The number of sulfonamides is 1. The molecule has 2 aliphatic heterocycles. The zero-order valence-electron chi connectivity index (χ0n) is 18.5. The molecule has 8 nitrogen and oxygen atoms in total. The van der Waals surface area contributed by atoms with Gasteiger partial charge in [0.2, 0.25) is 10.0 Å². The van der Waals surface area contributed by atoms with Gasteiger partial charge in [-0.3, -0.25) is 0 Å². The molecule has 2 aromatic rings. The number of hydrogen-bond donors (Lipinski definition) is 1. The Balaban J connectivity index is 1.28. The van der Waals surface area contributed by atoms with E-state index in [2.05, 4.69) is 5.32 Å². The number of aryl methyl sites for hydroxylation is 2. The van der Waals surface area contributed by atoms with Crippen molar-refractivity contribution in [1.29, 1.82) is 0 Å². The number of benzene rings is 2. The highest BCUT2D eigenvalue weighted by Crippen LogP contribution is 2.30. The Morgan fingerprint density at radius 3 is 2.44 bits per heavy atom. The summed E-state index contributed by atoms with van der Waals surface area (Å²) in [5, 5.41) is 2.93. The third-order valence-corrected chi connectivity index (χ3v) is 7.82. The van der Waals surface area contributed by atoms with E-state index >= 15 is 0 Å². The number of piperazine rings is 1. The van der Waals surface area contributed by atoms with Crippen molar-refractivity contribution in [2.75, 3.05) is 45.9 Å². The zero-order valence-corrected chi connectivity index (χ0v) is 19.3. The molecule has 32 heavy (non-hydrogen) atoms. The lowest BCUT2D eigenvalue weighted by atomic mass is 10.1. The van der Waals surface area contributed by atoms with Crippen molar-refractivity contribution in [2.45, 2.75) is 25.2 Å². The molecule has 2 amide bonds. The highest BCUT2D eigenvalue weighted by molar-refractivity contribution is 7.89. The van der Waals surface area contributed by atoms with Gasteiger partial charge in [-0.25, -0.2) is 13.2 Å². The number of nitrogens with one attached hydrogen (secondary N) is 1. The third kappa shape index (κ3) is 4.83. The van der Waals surface area contributed by atoms with Crippen molar-refractivity contribution in [1.82, 2.24) is 14.5 Å². The van der Waals surface area contributed by atoms with E-state index in [0.717, 1.165) is 28.2 Å². The molecule has 172 valence electrons. The number of urea groups is 1. The van der Waals surface area contributed by atoms with E-state index in [1.54, 1.807) is 17.9 Å². The van der Waals surface area contributed by atoms with E-state index < -0.39 is 10.0 Å². The van der Waals surface area contributed by atoms with Gasteiger partial charge >= 0.3 is 6.03 Å². The molecule has 0 atom stereocenters. The molecule has 9 heteroatoms. The summed E-state index contributed by atoms with van der Waals surface area (Å²) in [7, 11) is -3.57. The van der Waals surface area contributed by atoms with E-state index in [9.17, 15) is 13.2 Å². The van der Waals surface area contributed by atoms with Crippen molar-refractivity contribution < 1.29 is 22.7 Å². The summed E-state index contributed by atoms with van der Waals surface area (Å²) < 4.78 is 38.7. The Kier molecular flexibility index (Phi) is 6.57. The summed E-state index contributed by atoms with van der Waals surface area (Å²) in [5.41, 5.74) is 2.69. The molecule has 0 aliphatic carbocycles. The molecular formula is C23H29N3O5S. The largest absolute Gasteiger partial charge is 0.486 e. The lowest BCUT2D eigenvalue weighted by Crippen LogP contribution is -2.53. The maximum Gasteiger partial charge on any atom is 0.317 e. The highest BCUT2D eigenvalue weighted by Gasteiger charge is 2.31. The quantitative estimate of drug-likeness (QED) is 0.742. The molecule has 0 unspecified atom stereocenters. The van der Waals surface area contributed by atoms with Gasteiger partial charge in [-0.1, -0.05) is 18.2 Å². The maximum atomic E-state index is 13.1. The molecule has 0 bridgehead atoms. The molecule has 2 aromatic carbocycles. The normalized spacial score (nSPS) is 16.6. The van der Waals surface area contributed by atoms with Crippen LogP contribution in [0.5, 0.6) is 11.5 Å². The first-order chi connectivity index (χ1) is 15.3. The lowest BCUT2D eigenvalue weighted by molar-refractivity contribution is 0.171. The number of fused-ring (bicyclic) bond motifs is 1. The van der Waals surface area contributed by atoms with Crippen molar-refractivity contribution in [3.63, 3.8) is 0 Å². The van der Waals surface area contributed by atoms with Crippen LogP contribution in [-0.4, -0.2) is 69.6 Å². The minimum absolute atomic E-state index is 0.175. The first kappa shape index (κ1) is 22.4. The van der Waals surface area contributed by atoms with Gasteiger partial charge in [-0.15, -0.1) is 0 Å². The number of rotatable bonds is 5. The number of carbonyl (C=O) groups excluding carboxylic acids is 1. The molecule has 1 saturated heterocycles. The van der Waals surface area contributed by atoms with Crippen LogP contribution in [0.3, 0.4) is 0 Å². The Morgan fingerprint density at radius 1 is 0.969 bits per heavy atom. The Morgan fingerprint density at radius 2 is 1.69 bits per heavy atom. The zero-order chi connectivity index (χ0) is 22.7. The van der Waals surface area contributed by atoms with E-state index in [0.29, 0.717) is 44.2 Å². The number of hydrogen-bond acceptors (Lipinski definition) is 5. The number of amides is 2. The summed E-state index contributed by atoms with van der Waals surface area (Å²) in [5.74, 6) is 1.49. The highest BCUT2D eigenvalue weighted by atomic mass is 32.2. The molecule has 4 rings (SSSR count). The van der Waals surface area contributed by atoms with Crippen LogP contribution in [0.1, 0.15) is 16.7 Å². The maximum absolute atomic E-state index is 13.1.